The van der Waals surface area contributed by atoms with Crippen LogP contribution >= 0.6 is 11.3 Å². The molecule has 1 amide bonds. The number of benzene rings is 2. The molecule has 2 aromatic carbocycles. The molecule has 0 aliphatic carbocycles. The highest BCUT2D eigenvalue weighted by atomic mass is 32.1. The maximum Gasteiger partial charge on any atom is 0.317 e. The minimum atomic E-state index is -0.943. The summed E-state index contributed by atoms with van der Waals surface area (Å²) in [6, 6.07) is 17.4. The van der Waals surface area contributed by atoms with Gasteiger partial charge in [-0.1, -0.05) is 53.6 Å². The van der Waals surface area contributed by atoms with E-state index >= 15 is 0 Å². The second-order valence-electron chi connectivity index (χ2n) is 6.21. The molecule has 5 rings (SSSR count). The van der Waals surface area contributed by atoms with E-state index in [0.29, 0.717) is 17.1 Å². The maximum atomic E-state index is 12.8. The summed E-state index contributed by atoms with van der Waals surface area (Å²) < 4.78 is 5.60. The van der Waals surface area contributed by atoms with E-state index in [-0.39, 0.29) is 17.8 Å². The summed E-state index contributed by atoms with van der Waals surface area (Å²) in [5.41, 5.74) is 5.39. The molecule has 0 radical (unpaired) electrons. The van der Waals surface area contributed by atoms with Gasteiger partial charge in [-0.15, -0.1) is 16.4 Å². The lowest BCUT2D eigenvalue weighted by atomic mass is 10.0. The number of anilines is 2. The number of benzodiazepines with no additional fused rings is 1. The van der Waals surface area contributed by atoms with Crippen molar-refractivity contribution < 1.29 is 9.21 Å². The normalized spacial score (nSPS) is 15.8. The highest BCUT2D eigenvalue weighted by Gasteiger charge is 2.27. The standard InChI is InChI=1S/C20H14N6O2S/c27-18-17(24-20-26-25-19(28-20)15-10-29-11-21-15)23-16(12-6-2-1-3-7-12)13-8-4-5-9-14(13)22-18/h1-11,17H,(H,22,27)(H,24,26)/t17-/m1/s1. The number of hydrogen-bond acceptors (Lipinski definition) is 8. The van der Waals surface area contributed by atoms with E-state index in [9.17, 15) is 4.79 Å². The Morgan fingerprint density at radius 2 is 1.86 bits per heavy atom. The van der Waals surface area contributed by atoms with Crippen molar-refractivity contribution in [2.75, 3.05) is 10.6 Å². The summed E-state index contributed by atoms with van der Waals surface area (Å²) in [7, 11) is 0. The van der Waals surface area contributed by atoms with Crippen LogP contribution in [0.15, 0.2) is 74.9 Å². The average molecular weight is 402 g/mol. The number of carbonyl (C=O) groups is 1. The van der Waals surface area contributed by atoms with Crippen LogP contribution in [0.4, 0.5) is 11.7 Å². The summed E-state index contributed by atoms with van der Waals surface area (Å²) in [5.74, 6) is -0.0462. The van der Waals surface area contributed by atoms with Crippen LogP contribution in [0.25, 0.3) is 11.6 Å². The zero-order chi connectivity index (χ0) is 19.6. The molecule has 1 aliphatic rings. The minimum absolute atomic E-state index is 0.0928. The van der Waals surface area contributed by atoms with Crippen molar-refractivity contribution in [3.05, 3.63) is 76.6 Å². The predicted molar refractivity (Wildman–Crippen MR) is 110 cm³/mol. The number of amides is 1. The van der Waals surface area contributed by atoms with Crippen LogP contribution in [-0.2, 0) is 4.79 Å². The molecule has 0 bridgehead atoms. The first-order valence-corrected chi connectivity index (χ1v) is 9.74. The van der Waals surface area contributed by atoms with Gasteiger partial charge in [-0.3, -0.25) is 4.79 Å². The lowest BCUT2D eigenvalue weighted by Gasteiger charge is -2.11. The second-order valence-corrected chi connectivity index (χ2v) is 6.93. The third-order valence-electron chi connectivity index (χ3n) is 4.33. The Kier molecular flexibility index (Phi) is 4.34. The molecule has 4 aromatic rings. The van der Waals surface area contributed by atoms with Crippen LogP contribution in [0.5, 0.6) is 0 Å². The number of thiazole rings is 1. The first-order chi connectivity index (χ1) is 14.3. The SMILES string of the molecule is O=C1Nc2ccccc2C(c2ccccc2)=N[C@@H]1Nc1nnc(-c2cscn2)o1. The number of aromatic nitrogens is 3. The second kappa shape index (κ2) is 7.28. The Labute approximate surface area is 169 Å². The number of aliphatic imine (C=N–C) groups is 1. The number of nitrogens with one attached hydrogen (secondary N) is 2. The van der Waals surface area contributed by atoms with Crippen molar-refractivity contribution in [3.8, 4) is 11.6 Å². The fourth-order valence-corrected chi connectivity index (χ4v) is 3.53. The van der Waals surface area contributed by atoms with Gasteiger partial charge in [-0.05, 0) is 6.07 Å². The molecule has 0 saturated heterocycles. The first-order valence-electron chi connectivity index (χ1n) is 8.80. The molecule has 0 fully saturated rings. The van der Waals surface area contributed by atoms with Crippen LogP contribution in [-0.4, -0.2) is 33.0 Å². The predicted octanol–water partition coefficient (Wildman–Crippen LogP) is 3.42. The van der Waals surface area contributed by atoms with Crippen LogP contribution in [0, 0.1) is 0 Å². The molecule has 29 heavy (non-hydrogen) atoms. The van der Waals surface area contributed by atoms with Gasteiger partial charge in [0.1, 0.15) is 5.69 Å². The third-order valence-corrected chi connectivity index (χ3v) is 4.92. The van der Waals surface area contributed by atoms with Gasteiger partial charge in [0, 0.05) is 16.5 Å². The monoisotopic (exact) mass is 402 g/mol. The Morgan fingerprint density at radius 3 is 2.69 bits per heavy atom. The van der Waals surface area contributed by atoms with E-state index in [1.165, 1.54) is 11.3 Å². The van der Waals surface area contributed by atoms with Crippen LogP contribution < -0.4 is 10.6 Å². The molecule has 0 saturated carbocycles. The number of rotatable bonds is 4. The quantitative estimate of drug-likeness (QED) is 0.542. The van der Waals surface area contributed by atoms with Crippen molar-refractivity contribution in [2.45, 2.75) is 6.17 Å². The molecule has 8 nitrogen and oxygen atoms in total. The highest BCUT2D eigenvalue weighted by molar-refractivity contribution is 7.07. The van der Waals surface area contributed by atoms with Gasteiger partial charge < -0.3 is 15.1 Å². The molecule has 142 valence electrons. The zero-order valence-corrected chi connectivity index (χ0v) is 15.8. The van der Waals surface area contributed by atoms with Gasteiger partial charge in [0.25, 0.3) is 11.8 Å². The summed E-state index contributed by atoms with van der Waals surface area (Å²) in [4.78, 5) is 21.6. The molecule has 9 heteroatoms. The maximum absolute atomic E-state index is 12.8. The molecular weight excluding hydrogens is 388 g/mol. The Morgan fingerprint density at radius 1 is 1.03 bits per heavy atom. The van der Waals surface area contributed by atoms with E-state index in [2.05, 4.69) is 30.8 Å². The van der Waals surface area contributed by atoms with Gasteiger partial charge in [-0.2, -0.15) is 0 Å². The van der Waals surface area contributed by atoms with Gasteiger partial charge in [-0.25, -0.2) is 9.98 Å². The molecule has 1 atom stereocenters. The number of fused-ring (bicyclic) bond motifs is 1. The van der Waals surface area contributed by atoms with E-state index < -0.39 is 6.17 Å². The summed E-state index contributed by atoms with van der Waals surface area (Å²) in [5, 5.41) is 15.6. The lowest BCUT2D eigenvalue weighted by Crippen LogP contribution is -2.32. The fourth-order valence-electron chi connectivity index (χ4n) is 3.00. The molecule has 3 heterocycles. The van der Waals surface area contributed by atoms with Gasteiger partial charge in [0.2, 0.25) is 6.17 Å². The minimum Gasteiger partial charge on any atom is -0.402 e. The molecule has 1 aliphatic heterocycles. The average Bonchev–Trinajstić information content (AvgIpc) is 3.42. The van der Waals surface area contributed by atoms with Crippen molar-refractivity contribution in [2.24, 2.45) is 4.99 Å². The zero-order valence-electron chi connectivity index (χ0n) is 14.9. The number of nitrogens with zero attached hydrogens (tertiary/aromatic N) is 4. The largest absolute Gasteiger partial charge is 0.402 e. The van der Waals surface area contributed by atoms with Gasteiger partial charge >= 0.3 is 6.01 Å². The van der Waals surface area contributed by atoms with E-state index in [4.69, 9.17) is 4.42 Å². The van der Waals surface area contributed by atoms with Crippen LogP contribution in [0.2, 0.25) is 0 Å². The lowest BCUT2D eigenvalue weighted by molar-refractivity contribution is -0.116. The Hall–Kier alpha value is -3.85. The molecular formula is C20H14N6O2S. The number of hydrogen-bond donors (Lipinski definition) is 2. The van der Waals surface area contributed by atoms with E-state index in [0.717, 1.165) is 11.1 Å². The van der Waals surface area contributed by atoms with Crippen molar-refractivity contribution in [1.82, 2.24) is 15.2 Å². The van der Waals surface area contributed by atoms with Crippen molar-refractivity contribution in [3.63, 3.8) is 0 Å². The molecule has 0 unspecified atom stereocenters. The molecule has 2 N–H and O–H groups in total. The molecule has 2 aromatic heterocycles. The summed E-state index contributed by atoms with van der Waals surface area (Å²) in [6.07, 6.45) is -0.943. The number of para-hydroxylation sites is 1. The molecule has 0 spiro atoms. The number of carbonyl (C=O) groups excluding carboxylic acids is 1. The van der Waals surface area contributed by atoms with Crippen LogP contribution in [0.1, 0.15) is 11.1 Å². The topological polar surface area (TPSA) is 105 Å². The third kappa shape index (κ3) is 3.39. The summed E-state index contributed by atoms with van der Waals surface area (Å²) in [6.45, 7) is 0. The summed E-state index contributed by atoms with van der Waals surface area (Å²) >= 11 is 1.43. The Balaban J connectivity index is 1.52. The first kappa shape index (κ1) is 17.3. The van der Waals surface area contributed by atoms with E-state index in [1.807, 2.05) is 54.6 Å². The van der Waals surface area contributed by atoms with Crippen molar-refractivity contribution >= 4 is 34.7 Å². The van der Waals surface area contributed by atoms with Crippen LogP contribution in [0.3, 0.4) is 0 Å². The fraction of sp³-hybridized carbons (Fsp3) is 0.0500. The van der Waals surface area contributed by atoms with Crippen molar-refractivity contribution in [1.29, 1.82) is 0 Å². The highest BCUT2D eigenvalue weighted by Crippen LogP contribution is 2.25. The van der Waals surface area contributed by atoms with E-state index in [1.54, 1.807) is 10.9 Å². The van der Waals surface area contributed by atoms with Gasteiger partial charge in [0.05, 0.1) is 16.9 Å². The smallest absolute Gasteiger partial charge is 0.317 e. The van der Waals surface area contributed by atoms with Gasteiger partial charge in [0.15, 0.2) is 0 Å². The Bertz CT molecular complexity index is 1190.